The van der Waals surface area contributed by atoms with Gasteiger partial charge < -0.3 is 4.90 Å². The predicted molar refractivity (Wildman–Crippen MR) is 81.0 cm³/mol. The standard InChI is InChI=1S/C14H26N4S/c1-11-4-6-14(7-5-11,18(2)3)13(17-15)8-12-9-16-10-19-12/h9-11,13,17H,4-8,15H2,1-3H3. The van der Waals surface area contributed by atoms with E-state index in [4.69, 9.17) is 5.84 Å². The maximum Gasteiger partial charge on any atom is 0.0794 e. The molecule has 1 aliphatic carbocycles. The average Bonchev–Trinajstić information content (AvgIpc) is 2.90. The van der Waals surface area contributed by atoms with Gasteiger partial charge in [0.15, 0.2) is 0 Å². The molecule has 0 aromatic carbocycles. The summed E-state index contributed by atoms with van der Waals surface area (Å²) in [6.07, 6.45) is 7.94. The van der Waals surface area contributed by atoms with Gasteiger partial charge in [-0.25, -0.2) is 0 Å². The van der Waals surface area contributed by atoms with Crippen LogP contribution in [0.3, 0.4) is 0 Å². The summed E-state index contributed by atoms with van der Waals surface area (Å²) in [7, 11) is 4.37. The van der Waals surface area contributed by atoms with Crippen molar-refractivity contribution < 1.29 is 0 Å². The average molecular weight is 282 g/mol. The molecule has 1 fully saturated rings. The molecule has 1 aromatic rings. The normalized spacial score (nSPS) is 29.6. The molecule has 0 saturated heterocycles. The van der Waals surface area contributed by atoms with Gasteiger partial charge in [-0.2, -0.15) is 0 Å². The Kier molecular flexibility index (Phi) is 4.95. The van der Waals surface area contributed by atoms with Gasteiger partial charge in [0, 0.05) is 29.1 Å². The number of nitrogens with zero attached hydrogens (tertiary/aromatic N) is 2. The van der Waals surface area contributed by atoms with E-state index in [9.17, 15) is 0 Å². The highest BCUT2D eigenvalue weighted by atomic mass is 32.1. The molecule has 0 spiro atoms. The maximum atomic E-state index is 5.89. The van der Waals surface area contributed by atoms with Crippen molar-refractivity contribution >= 4 is 11.3 Å². The largest absolute Gasteiger partial charge is 0.302 e. The lowest BCUT2D eigenvalue weighted by Gasteiger charge is -2.49. The topological polar surface area (TPSA) is 54.2 Å². The zero-order chi connectivity index (χ0) is 13.9. The highest BCUT2D eigenvalue weighted by Gasteiger charge is 2.42. The highest BCUT2D eigenvalue weighted by molar-refractivity contribution is 7.09. The molecule has 0 aliphatic heterocycles. The molecule has 0 radical (unpaired) electrons. The molecule has 1 heterocycles. The van der Waals surface area contributed by atoms with Crippen molar-refractivity contribution in [2.45, 2.75) is 50.6 Å². The van der Waals surface area contributed by atoms with Gasteiger partial charge in [0.2, 0.25) is 0 Å². The summed E-state index contributed by atoms with van der Waals surface area (Å²) < 4.78 is 0. The van der Waals surface area contributed by atoms with Crippen molar-refractivity contribution in [3.63, 3.8) is 0 Å². The Hall–Kier alpha value is -0.490. The molecule has 19 heavy (non-hydrogen) atoms. The van der Waals surface area contributed by atoms with Gasteiger partial charge in [0.1, 0.15) is 0 Å². The minimum atomic E-state index is 0.172. The lowest BCUT2D eigenvalue weighted by Crippen LogP contribution is -2.62. The number of likely N-dealkylation sites (N-methyl/N-ethyl adjacent to an activating group) is 1. The van der Waals surface area contributed by atoms with E-state index in [-0.39, 0.29) is 11.6 Å². The van der Waals surface area contributed by atoms with Crippen LogP contribution in [0.4, 0.5) is 0 Å². The van der Waals surface area contributed by atoms with Crippen LogP contribution in [-0.2, 0) is 6.42 Å². The van der Waals surface area contributed by atoms with E-state index in [0.29, 0.717) is 0 Å². The highest BCUT2D eigenvalue weighted by Crippen LogP contribution is 2.38. The van der Waals surface area contributed by atoms with Crippen molar-refractivity contribution in [3.05, 3.63) is 16.6 Å². The molecule has 0 amide bonds. The molecule has 3 N–H and O–H groups in total. The van der Waals surface area contributed by atoms with Crippen LogP contribution in [0.1, 0.15) is 37.5 Å². The summed E-state index contributed by atoms with van der Waals surface area (Å²) in [6.45, 7) is 2.35. The zero-order valence-electron chi connectivity index (χ0n) is 12.2. The van der Waals surface area contributed by atoms with Crippen LogP contribution in [0.2, 0.25) is 0 Å². The second-order valence-corrected chi connectivity index (χ2v) is 7.04. The van der Waals surface area contributed by atoms with Crippen molar-refractivity contribution in [1.29, 1.82) is 0 Å². The number of hydrazine groups is 1. The Morgan fingerprint density at radius 3 is 2.68 bits per heavy atom. The van der Waals surface area contributed by atoms with Crippen molar-refractivity contribution in [3.8, 4) is 0 Å². The van der Waals surface area contributed by atoms with Crippen LogP contribution in [-0.4, -0.2) is 35.6 Å². The fraction of sp³-hybridized carbons (Fsp3) is 0.786. The number of aromatic nitrogens is 1. The van der Waals surface area contributed by atoms with Gasteiger partial charge in [0.05, 0.1) is 5.51 Å². The van der Waals surface area contributed by atoms with Gasteiger partial charge in [-0.3, -0.25) is 16.3 Å². The Morgan fingerprint density at radius 2 is 2.21 bits per heavy atom. The third-order valence-corrected chi connectivity index (χ3v) is 5.57. The molecule has 108 valence electrons. The Bertz CT molecular complexity index is 369. The van der Waals surface area contributed by atoms with E-state index in [1.165, 1.54) is 30.6 Å². The monoisotopic (exact) mass is 282 g/mol. The molecule has 1 aliphatic rings. The van der Waals surface area contributed by atoms with Crippen molar-refractivity contribution in [2.75, 3.05) is 14.1 Å². The number of hydrogen-bond donors (Lipinski definition) is 2. The molecular weight excluding hydrogens is 256 g/mol. The van der Waals surface area contributed by atoms with Crippen LogP contribution in [0.25, 0.3) is 0 Å². The van der Waals surface area contributed by atoms with Gasteiger partial charge in [-0.1, -0.05) is 6.92 Å². The molecule has 4 nitrogen and oxygen atoms in total. The van der Waals surface area contributed by atoms with Crippen molar-refractivity contribution in [1.82, 2.24) is 15.3 Å². The van der Waals surface area contributed by atoms with Crippen LogP contribution >= 0.6 is 11.3 Å². The van der Waals surface area contributed by atoms with Gasteiger partial charge in [-0.15, -0.1) is 11.3 Å². The van der Waals surface area contributed by atoms with Crippen LogP contribution in [0.5, 0.6) is 0 Å². The van der Waals surface area contributed by atoms with Gasteiger partial charge in [-0.05, 0) is 45.7 Å². The minimum absolute atomic E-state index is 0.172. The first-order valence-corrected chi connectivity index (χ1v) is 7.97. The van der Waals surface area contributed by atoms with E-state index >= 15 is 0 Å². The molecule has 1 aromatic heterocycles. The molecule has 1 unspecified atom stereocenters. The molecular formula is C14H26N4S. The third-order valence-electron chi connectivity index (χ3n) is 4.77. The van der Waals surface area contributed by atoms with Gasteiger partial charge in [0.25, 0.3) is 0 Å². The summed E-state index contributed by atoms with van der Waals surface area (Å²) in [6, 6.07) is 0.287. The van der Waals surface area contributed by atoms with E-state index in [0.717, 1.165) is 12.3 Å². The Morgan fingerprint density at radius 1 is 1.53 bits per heavy atom. The van der Waals surface area contributed by atoms with Crippen LogP contribution in [0.15, 0.2) is 11.7 Å². The van der Waals surface area contributed by atoms with Crippen molar-refractivity contribution in [2.24, 2.45) is 11.8 Å². The summed E-state index contributed by atoms with van der Waals surface area (Å²) in [5.74, 6) is 6.73. The fourth-order valence-corrected chi connectivity index (χ4v) is 3.96. The third kappa shape index (κ3) is 3.16. The van der Waals surface area contributed by atoms with Crippen LogP contribution < -0.4 is 11.3 Å². The molecule has 1 saturated carbocycles. The van der Waals surface area contributed by atoms with E-state index < -0.39 is 0 Å². The summed E-state index contributed by atoms with van der Waals surface area (Å²) in [5, 5.41) is 0. The smallest absolute Gasteiger partial charge is 0.0794 e. The minimum Gasteiger partial charge on any atom is -0.302 e. The van der Waals surface area contributed by atoms with Gasteiger partial charge >= 0.3 is 0 Å². The number of hydrogen-bond acceptors (Lipinski definition) is 5. The second-order valence-electron chi connectivity index (χ2n) is 6.07. The molecule has 2 rings (SSSR count). The van der Waals surface area contributed by atoms with E-state index in [1.54, 1.807) is 11.3 Å². The first-order chi connectivity index (χ1) is 9.08. The first-order valence-electron chi connectivity index (χ1n) is 7.09. The number of nitrogens with one attached hydrogen (secondary N) is 1. The lowest BCUT2D eigenvalue weighted by molar-refractivity contribution is 0.0437. The maximum absolute atomic E-state index is 5.89. The molecule has 5 heteroatoms. The SMILES string of the molecule is CC1CCC(C(Cc2cncs2)NN)(N(C)C)CC1. The fourth-order valence-electron chi connectivity index (χ4n) is 3.32. The second kappa shape index (κ2) is 6.31. The first kappa shape index (κ1) is 14.9. The molecule has 1 atom stereocenters. The Balaban J connectivity index is 2.16. The zero-order valence-corrected chi connectivity index (χ0v) is 13.0. The van der Waals surface area contributed by atoms with E-state index in [1.807, 2.05) is 11.7 Å². The molecule has 0 bridgehead atoms. The Labute approximate surface area is 120 Å². The predicted octanol–water partition coefficient (Wildman–Crippen LogP) is 2.03. The quantitative estimate of drug-likeness (QED) is 0.641. The number of thiazole rings is 1. The van der Waals surface area contributed by atoms with E-state index in [2.05, 4.69) is 36.3 Å². The summed E-state index contributed by atoms with van der Waals surface area (Å²) in [5.41, 5.74) is 5.15. The number of nitrogens with two attached hydrogens (primary N) is 1. The van der Waals surface area contributed by atoms with Crippen LogP contribution in [0, 0.1) is 5.92 Å². The summed E-state index contributed by atoms with van der Waals surface area (Å²) in [4.78, 5) is 7.86. The summed E-state index contributed by atoms with van der Waals surface area (Å²) >= 11 is 1.72. The lowest BCUT2D eigenvalue weighted by atomic mass is 9.71. The number of rotatable bonds is 5.